The van der Waals surface area contributed by atoms with Crippen molar-refractivity contribution in [2.24, 2.45) is 0 Å². The van der Waals surface area contributed by atoms with Crippen molar-refractivity contribution in [3.63, 3.8) is 0 Å². The van der Waals surface area contributed by atoms with E-state index in [4.69, 9.17) is 4.74 Å². The van der Waals surface area contributed by atoms with Crippen molar-refractivity contribution in [2.75, 3.05) is 13.2 Å². The molecule has 3 aromatic rings. The lowest BCUT2D eigenvalue weighted by Gasteiger charge is -2.47. The first kappa shape index (κ1) is 26.8. The Kier molecular flexibility index (Phi) is 7.43. The second-order valence-electron chi connectivity index (χ2n) is 9.72. The van der Waals surface area contributed by atoms with Gasteiger partial charge in [0.05, 0.1) is 23.8 Å². The highest BCUT2D eigenvalue weighted by molar-refractivity contribution is 5.86. The number of benzene rings is 2. The Morgan fingerprint density at radius 3 is 2.49 bits per heavy atom. The van der Waals surface area contributed by atoms with E-state index in [0.717, 1.165) is 17.7 Å². The molecule has 0 unspecified atom stereocenters. The number of nitrogens with zero attached hydrogens (tertiary/aromatic N) is 2. The summed E-state index contributed by atoms with van der Waals surface area (Å²) < 4.78 is 47.7. The molecule has 0 radical (unpaired) electrons. The predicted octanol–water partition coefficient (Wildman–Crippen LogP) is 4.63. The number of hydrogen-bond acceptors (Lipinski definition) is 5. The molecule has 1 saturated heterocycles. The number of Topliss-reactive ketones (excluding diaryl/α,β-unsaturated/α-hetero) is 1. The van der Waals surface area contributed by atoms with E-state index in [1.54, 1.807) is 26.8 Å². The molecule has 4 rings (SSSR count). The molecule has 198 valence electrons. The topological polar surface area (TPSA) is 89.0 Å². The fraction of sp³-hybridized carbons (Fsp3) is 0.444. The number of rotatable bonds is 8. The molecule has 1 fully saturated rings. The van der Waals surface area contributed by atoms with Crippen LogP contribution in [-0.4, -0.2) is 33.7 Å². The Morgan fingerprint density at radius 1 is 1.19 bits per heavy atom. The number of nitrogens with one attached hydrogen (secondary N) is 2. The van der Waals surface area contributed by atoms with Gasteiger partial charge in [0, 0.05) is 13.0 Å². The molecule has 37 heavy (non-hydrogen) atoms. The first-order chi connectivity index (χ1) is 17.5. The van der Waals surface area contributed by atoms with Gasteiger partial charge in [0.15, 0.2) is 5.78 Å². The summed E-state index contributed by atoms with van der Waals surface area (Å²) >= 11 is 0. The van der Waals surface area contributed by atoms with Gasteiger partial charge in [-0.25, -0.2) is 9.89 Å². The lowest BCUT2D eigenvalue weighted by atomic mass is 9.74. The minimum Gasteiger partial charge on any atom is -0.372 e. The SMILES string of the molecule is CCC(=O)[C@]1(n2cn[nH]c2=O)CC[C@@](CO[C@H](C)c2cc(C)cc(C(F)(F)F)c2)(c2ccccc2)NC1. The molecule has 10 heteroatoms. The van der Waals surface area contributed by atoms with Crippen LogP contribution in [0.1, 0.15) is 61.5 Å². The average molecular weight is 517 g/mol. The van der Waals surface area contributed by atoms with Crippen LogP contribution < -0.4 is 11.0 Å². The number of ether oxygens (including phenoxy) is 1. The van der Waals surface area contributed by atoms with Crippen molar-refractivity contribution in [3.8, 4) is 0 Å². The van der Waals surface area contributed by atoms with Crippen molar-refractivity contribution < 1.29 is 22.7 Å². The molecule has 3 atom stereocenters. The van der Waals surface area contributed by atoms with Gasteiger partial charge in [-0.2, -0.15) is 18.3 Å². The summed E-state index contributed by atoms with van der Waals surface area (Å²) in [4.78, 5) is 25.6. The lowest BCUT2D eigenvalue weighted by molar-refractivity contribution is -0.137. The van der Waals surface area contributed by atoms with Crippen molar-refractivity contribution in [1.29, 1.82) is 0 Å². The number of carbonyl (C=O) groups excluding carboxylic acids is 1. The van der Waals surface area contributed by atoms with Gasteiger partial charge in [-0.1, -0.05) is 48.9 Å². The fourth-order valence-corrected chi connectivity index (χ4v) is 5.16. The Labute approximate surface area is 213 Å². The number of carbonyl (C=O) groups is 1. The molecule has 0 spiro atoms. The van der Waals surface area contributed by atoms with Gasteiger partial charge in [-0.15, -0.1) is 0 Å². The van der Waals surface area contributed by atoms with Gasteiger partial charge < -0.3 is 10.1 Å². The summed E-state index contributed by atoms with van der Waals surface area (Å²) in [6.07, 6.45) is -2.64. The van der Waals surface area contributed by atoms with Crippen molar-refractivity contribution in [1.82, 2.24) is 20.1 Å². The molecule has 1 aliphatic heterocycles. The summed E-state index contributed by atoms with van der Waals surface area (Å²) in [6, 6.07) is 13.5. The van der Waals surface area contributed by atoms with E-state index in [1.807, 2.05) is 30.3 Å². The van der Waals surface area contributed by atoms with Crippen molar-refractivity contribution in [2.45, 2.75) is 63.4 Å². The van der Waals surface area contributed by atoms with Crippen LogP contribution in [0.25, 0.3) is 0 Å². The normalized spacial score (nSPS) is 23.1. The van der Waals surface area contributed by atoms with Gasteiger partial charge in [0.1, 0.15) is 11.9 Å². The molecule has 2 N–H and O–H groups in total. The third-order valence-corrected chi connectivity index (χ3v) is 7.34. The summed E-state index contributed by atoms with van der Waals surface area (Å²) in [5.41, 5.74) is -1.10. The highest BCUT2D eigenvalue weighted by Gasteiger charge is 2.49. The highest BCUT2D eigenvalue weighted by atomic mass is 19.4. The zero-order chi connectivity index (χ0) is 26.8. The van der Waals surface area contributed by atoms with Gasteiger partial charge in [-0.05, 0) is 49.9 Å². The molecule has 0 aliphatic carbocycles. The Balaban J connectivity index is 1.62. The van der Waals surface area contributed by atoms with E-state index in [1.165, 1.54) is 10.9 Å². The van der Waals surface area contributed by atoms with Crippen LogP contribution in [-0.2, 0) is 26.8 Å². The first-order valence-electron chi connectivity index (χ1n) is 12.3. The number of aromatic amines is 1. The number of ketones is 1. The number of H-pyrrole nitrogens is 1. The van der Waals surface area contributed by atoms with E-state index >= 15 is 0 Å². The van der Waals surface area contributed by atoms with E-state index in [-0.39, 0.29) is 25.4 Å². The Morgan fingerprint density at radius 2 is 1.92 bits per heavy atom. The molecule has 2 heterocycles. The maximum atomic E-state index is 13.4. The van der Waals surface area contributed by atoms with Gasteiger partial charge >= 0.3 is 11.9 Å². The van der Waals surface area contributed by atoms with Crippen LogP contribution in [0.3, 0.4) is 0 Å². The highest BCUT2D eigenvalue weighted by Crippen LogP contribution is 2.39. The largest absolute Gasteiger partial charge is 0.416 e. The number of aryl methyl sites for hydroxylation is 1. The summed E-state index contributed by atoms with van der Waals surface area (Å²) in [5.74, 6) is -0.0844. The zero-order valence-corrected chi connectivity index (χ0v) is 21.1. The van der Waals surface area contributed by atoms with E-state index in [2.05, 4.69) is 15.5 Å². The quantitative estimate of drug-likeness (QED) is 0.456. The summed E-state index contributed by atoms with van der Waals surface area (Å²) in [6.45, 7) is 5.45. The number of alkyl halides is 3. The minimum atomic E-state index is -4.45. The lowest BCUT2D eigenvalue weighted by Crippen LogP contribution is -2.63. The van der Waals surface area contributed by atoms with Crippen LogP contribution in [0.5, 0.6) is 0 Å². The van der Waals surface area contributed by atoms with Gasteiger partial charge in [0.2, 0.25) is 0 Å². The maximum absolute atomic E-state index is 13.4. The van der Waals surface area contributed by atoms with Gasteiger partial charge in [-0.3, -0.25) is 9.36 Å². The zero-order valence-electron chi connectivity index (χ0n) is 21.1. The molecular weight excluding hydrogens is 485 g/mol. The van der Waals surface area contributed by atoms with Crippen molar-refractivity contribution >= 4 is 5.78 Å². The monoisotopic (exact) mass is 516 g/mol. The summed E-state index contributed by atoms with van der Waals surface area (Å²) in [7, 11) is 0. The van der Waals surface area contributed by atoms with Crippen LogP contribution in [0.4, 0.5) is 13.2 Å². The molecular formula is C27H31F3N4O3. The van der Waals surface area contributed by atoms with Crippen molar-refractivity contribution in [3.05, 3.63) is 87.6 Å². The number of aromatic nitrogens is 3. The third kappa shape index (κ3) is 5.26. The molecule has 1 aliphatic rings. The number of piperidine rings is 1. The van der Waals surface area contributed by atoms with E-state index in [0.29, 0.717) is 24.0 Å². The minimum absolute atomic E-state index is 0.0844. The first-order valence-corrected chi connectivity index (χ1v) is 12.3. The average Bonchev–Trinajstić information content (AvgIpc) is 3.33. The molecule has 0 saturated carbocycles. The van der Waals surface area contributed by atoms with Crippen LogP contribution in [0, 0.1) is 6.92 Å². The molecule has 1 aromatic heterocycles. The molecule has 7 nitrogen and oxygen atoms in total. The number of halogens is 3. The van der Waals surface area contributed by atoms with Crippen LogP contribution in [0.2, 0.25) is 0 Å². The van der Waals surface area contributed by atoms with Crippen LogP contribution in [0.15, 0.2) is 59.7 Å². The van der Waals surface area contributed by atoms with E-state index in [9.17, 15) is 22.8 Å². The predicted molar refractivity (Wildman–Crippen MR) is 132 cm³/mol. The number of hydrogen-bond donors (Lipinski definition) is 2. The standard InChI is InChI=1S/C27H31F3N4O3/c1-4-23(35)26(34-17-32-33-24(34)36)11-10-25(31-15-26,21-8-6-5-7-9-21)16-37-19(3)20-12-18(2)13-22(14-20)27(28,29)30/h5-9,12-14,17,19,31H,4,10-11,15-16H2,1-3H3,(H,33,36)/t19-,25-,26+/m1/s1. The van der Waals surface area contributed by atoms with E-state index < -0.39 is 34.6 Å². The smallest absolute Gasteiger partial charge is 0.372 e. The maximum Gasteiger partial charge on any atom is 0.416 e. The Hall–Kier alpha value is -3.24. The molecule has 0 amide bonds. The summed E-state index contributed by atoms with van der Waals surface area (Å²) in [5, 5.41) is 9.69. The fourth-order valence-electron chi connectivity index (χ4n) is 5.16. The van der Waals surface area contributed by atoms with Gasteiger partial charge in [0.25, 0.3) is 0 Å². The van der Waals surface area contributed by atoms with Crippen LogP contribution >= 0.6 is 0 Å². The second-order valence-corrected chi connectivity index (χ2v) is 9.72. The third-order valence-electron chi connectivity index (χ3n) is 7.34. The molecule has 0 bridgehead atoms. The Bertz CT molecular complexity index is 1290. The molecule has 2 aromatic carbocycles. The second kappa shape index (κ2) is 10.3.